The molecule has 1 aromatic carbocycles. The van der Waals surface area contributed by atoms with E-state index in [9.17, 15) is 9.50 Å². The fourth-order valence-electron chi connectivity index (χ4n) is 5.00. The maximum Gasteiger partial charge on any atom is 0.123 e. The zero-order chi connectivity index (χ0) is 20.1. The first kappa shape index (κ1) is 20.5. The number of aromatic nitrogens is 2. The van der Waals surface area contributed by atoms with Crippen molar-refractivity contribution in [2.75, 3.05) is 32.8 Å². The van der Waals surface area contributed by atoms with Gasteiger partial charge in [0.05, 0.1) is 11.9 Å². The Hall–Kier alpha value is -1.76. The van der Waals surface area contributed by atoms with Gasteiger partial charge < -0.3 is 5.11 Å². The monoisotopic (exact) mass is 400 g/mol. The van der Waals surface area contributed by atoms with Crippen molar-refractivity contribution in [3.63, 3.8) is 0 Å². The highest BCUT2D eigenvalue weighted by Gasteiger charge is 2.29. The highest BCUT2D eigenvalue weighted by Crippen LogP contribution is 2.27. The highest BCUT2D eigenvalue weighted by molar-refractivity contribution is 5.62. The van der Waals surface area contributed by atoms with E-state index in [0.29, 0.717) is 6.04 Å². The van der Waals surface area contributed by atoms with Crippen LogP contribution in [0.5, 0.6) is 0 Å². The minimum Gasteiger partial charge on any atom is -0.396 e. The number of halogens is 1. The zero-order valence-corrected chi connectivity index (χ0v) is 17.2. The number of aliphatic hydroxyl groups is 1. The number of aliphatic hydroxyl groups excluding tert-OH is 1. The smallest absolute Gasteiger partial charge is 0.123 e. The Balaban J connectivity index is 1.39. The fraction of sp³-hybridized carbons (Fsp3) is 0.609. The van der Waals surface area contributed by atoms with Crippen molar-refractivity contribution < 1.29 is 9.50 Å². The van der Waals surface area contributed by atoms with Gasteiger partial charge in [0, 0.05) is 56.5 Å². The first-order chi connectivity index (χ1) is 14.2. The summed E-state index contributed by atoms with van der Waals surface area (Å²) in [6.45, 7) is 5.31. The molecule has 0 bridgehead atoms. The second-order valence-corrected chi connectivity index (χ2v) is 8.68. The zero-order valence-electron chi connectivity index (χ0n) is 17.2. The number of hydrogen-bond acceptors (Lipinski definition) is 4. The predicted octanol–water partition coefficient (Wildman–Crippen LogP) is 3.66. The number of hydrogen-bond donors (Lipinski definition) is 2. The van der Waals surface area contributed by atoms with Crippen LogP contribution in [0, 0.1) is 11.7 Å². The molecule has 6 heteroatoms. The highest BCUT2D eigenvalue weighted by atomic mass is 19.1. The molecule has 0 spiro atoms. The molecule has 1 atom stereocenters. The average molecular weight is 401 g/mol. The van der Waals surface area contributed by atoms with Crippen molar-refractivity contribution in [1.82, 2.24) is 20.0 Å². The van der Waals surface area contributed by atoms with Crippen LogP contribution in [0.3, 0.4) is 0 Å². The Kier molecular flexibility index (Phi) is 6.95. The van der Waals surface area contributed by atoms with E-state index in [1.807, 2.05) is 6.20 Å². The van der Waals surface area contributed by atoms with E-state index in [-0.39, 0.29) is 12.4 Å². The van der Waals surface area contributed by atoms with Gasteiger partial charge in [0.15, 0.2) is 0 Å². The molecule has 1 aliphatic heterocycles. The van der Waals surface area contributed by atoms with E-state index in [2.05, 4.69) is 20.0 Å². The lowest BCUT2D eigenvalue weighted by Gasteiger charge is -2.43. The molecule has 1 aliphatic carbocycles. The van der Waals surface area contributed by atoms with Gasteiger partial charge in [-0.2, -0.15) is 5.10 Å². The van der Waals surface area contributed by atoms with E-state index in [0.717, 1.165) is 55.3 Å². The first-order valence-electron chi connectivity index (χ1n) is 11.1. The quantitative estimate of drug-likeness (QED) is 0.745. The molecule has 1 saturated carbocycles. The lowest BCUT2D eigenvalue weighted by molar-refractivity contribution is 0.0401. The average Bonchev–Trinajstić information content (AvgIpc) is 3.19. The van der Waals surface area contributed by atoms with Gasteiger partial charge in [0.25, 0.3) is 0 Å². The summed E-state index contributed by atoms with van der Waals surface area (Å²) in [7, 11) is 0. The second-order valence-electron chi connectivity index (χ2n) is 8.68. The van der Waals surface area contributed by atoms with Crippen molar-refractivity contribution in [1.29, 1.82) is 0 Å². The Labute approximate surface area is 172 Å². The molecule has 2 fully saturated rings. The Morgan fingerprint density at radius 1 is 1.10 bits per heavy atom. The van der Waals surface area contributed by atoms with E-state index in [4.69, 9.17) is 0 Å². The molecule has 0 unspecified atom stereocenters. The summed E-state index contributed by atoms with van der Waals surface area (Å²) in [5, 5.41) is 16.9. The summed E-state index contributed by atoms with van der Waals surface area (Å²) in [4.78, 5) is 5.09. The summed E-state index contributed by atoms with van der Waals surface area (Å²) in [5.74, 6) is 0.603. The van der Waals surface area contributed by atoms with Crippen LogP contribution in [0.2, 0.25) is 0 Å². The Bertz CT molecular complexity index is 756. The van der Waals surface area contributed by atoms with Gasteiger partial charge in [-0.05, 0) is 49.4 Å². The third-order valence-electron chi connectivity index (χ3n) is 6.61. The van der Waals surface area contributed by atoms with Gasteiger partial charge >= 0.3 is 0 Å². The summed E-state index contributed by atoms with van der Waals surface area (Å²) in [6.07, 6.45) is 9.59. The van der Waals surface area contributed by atoms with E-state index >= 15 is 0 Å². The van der Waals surface area contributed by atoms with Crippen LogP contribution >= 0.6 is 0 Å². The van der Waals surface area contributed by atoms with Crippen LogP contribution < -0.4 is 0 Å². The van der Waals surface area contributed by atoms with Crippen LogP contribution in [-0.2, 0) is 6.54 Å². The van der Waals surface area contributed by atoms with Crippen LogP contribution in [-0.4, -0.2) is 63.9 Å². The molecule has 2 aromatic rings. The molecular weight excluding hydrogens is 367 g/mol. The summed E-state index contributed by atoms with van der Waals surface area (Å²) >= 11 is 0. The third kappa shape index (κ3) is 5.24. The molecule has 1 saturated heterocycles. The Morgan fingerprint density at radius 3 is 2.66 bits per heavy atom. The number of rotatable bonds is 7. The first-order valence-corrected chi connectivity index (χ1v) is 11.1. The molecule has 1 aromatic heterocycles. The molecule has 2 heterocycles. The second kappa shape index (κ2) is 9.83. The maximum absolute atomic E-state index is 13.3. The van der Waals surface area contributed by atoms with Crippen LogP contribution in [0.25, 0.3) is 11.3 Å². The number of aromatic amines is 1. The van der Waals surface area contributed by atoms with Crippen molar-refractivity contribution >= 4 is 0 Å². The standard InChI is InChI=1S/C23H33FN4O/c24-21-8-6-19(7-9-21)23-20(14-25-26-23)16-27-11-12-28(22(17-27)10-13-29)15-18-4-2-1-3-5-18/h6-9,14,18,22,29H,1-5,10-13,15-17H2,(H,25,26)/t22-/m1/s1. The summed E-state index contributed by atoms with van der Waals surface area (Å²) < 4.78 is 13.3. The number of benzene rings is 1. The van der Waals surface area contributed by atoms with Crippen LogP contribution in [0.1, 0.15) is 44.1 Å². The SMILES string of the molecule is OCC[C@@H]1CN(Cc2cn[nH]c2-c2ccc(F)cc2)CCN1CC1CCCCC1. The lowest BCUT2D eigenvalue weighted by Crippen LogP contribution is -2.54. The van der Waals surface area contributed by atoms with E-state index < -0.39 is 0 Å². The molecule has 4 rings (SSSR count). The fourth-order valence-corrected chi connectivity index (χ4v) is 5.00. The summed E-state index contributed by atoms with van der Waals surface area (Å²) in [6, 6.07) is 6.98. The summed E-state index contributed by atoms with van der Waals surface area (Å²) in [5.41, 5.74) is 3.06. The predicted molar refractivity (Wildman–Crippen MR) is 113 cm³/mol. The topological polar surface area (TPSA) is 55.4 Å². The molecule has 2 N–H and O–H groups in total. The third-order valence-corrected chi connectivity index (χ3v) is 6.61. The Morgan fingerprint density at radius 2 is 1.90 bits per heavy atom. The van der Waals surface area contributed by atoms with Crippen LogP contribution in [0.15, 0.2) is 30.5 Å². The normalized spacial score (nSPS) is 22.2. The largest absolute Gasteiger partial charge is 0.396 e. The number of piperazine rings is 1. The van der Waals surface area contributed by atoms with E-state index in [1.54, 1.807) is 12.1 Å². The van der Waals surface area contributed by atoms with Gasteiger partial charge in [-0.1, -0.05) is 19.3 Å². The van der Waals surface area contributed by atoms with Gasteiger partial charge in [0.2, 0.25) is 0 Å². The van der Waals surface area contributed by atoms with Crippen molar-refractivity contribution in [2.24, 2.45) is 5.92 Å². The van der Waals surface area contributed by atoms with Gasteiger partial charge in [0.1, 0.15) is 5.82 Å². The molecule has 2 aliphatic rings. The molecule has 0 radical (unpaired) electrons. The minimum absolute atomic E-state index is 0.226. The molecule has 29 heavy (non-hydrogen) atoms. The maximum atomic E-state index is 13.3. The molecule has 0 amide bonds. The van der Waals surface area contributed by atoms with Crippen molar-refractivity contribution in [2.45, 2.75) is 51.1 Å². The van der Waals surface area contributed by atoms with E-state index in [1.165, 1.54) is 50.8 Å². The van der Waals surface area contributed by atoms with Crippen LogP contribution in [0.4, 0.5) is 4.39 Å². The minimum atomic E-state index is -0.226. The molecular formula is C23H33FN4O. The van der Waals surface area contributed by atoms with Gasteiger partial charge in [-0.3, -0.25) is 14.9 Å². The van der Waals surface area contributed by atoms with Gasteiger partial charge in [-0.25, -0.2) is 4.39 Å². The van der Waals surface area contributed by atoms with Crippen molar-refractivity contribution in [3.8, 4) is 11.3 Å². The number of nitrogens with zero attached hydrogens (tertiary/aromatic N) is 3. The van der Waals surface area contributed by atoms with Gasteiger partial charge in [-0.15, -0.1) is 0 Å². The van der Waals surface area contributed by atoms with Crippen molar-refractivity contribution in [3.05, 3.63) is 41.8 Å². The number of nitrogens with one attached hydrogen (secondary N) is 1. The molecule has 5 nitrogen and oxygen atoms in total. The molecule has 158 valence electrons. The number of H-pyrrole nitrogens is 1. The lowest BCUT2D eigenvalue weighted by atomic mass is 9.88.